The Balaban J connectivity index is 1.18. The van der Waals surface area contributed by atoms with Gasteiger partial charge in [0.25, 0.3) is 0 Å². The van der Waals surface area contributed by atoms with Gasteiger partial charge in [-0.1, -0.05) is 25.1 Å². The molecule has 2 bridgehead atoms. The van der Waals surface area contributed by atoms with Gasteiger partial charge < -0.3 is 14.5 Å². The molecule has 1 N–H and O–H groups in total. The lowest BCUT2D eigenvalue weighted by Crippen LogP contribution is -2.56. The minimum atomic E-state index is -0.980. The highest BCUT2D eigenvalue weighted by Gasteiger charge is 2.71. The van der Waals surface area contributed by atoms with Crippen LogP contribution in [0.2, 0.25) is 0 Å². The molecular formula is C31H33FN4O5. The standard InChI is InChI=1S/C31H33FN4O5/c1-15-25-20-13-23(26(15)25)36(30(39)41-31(2,3)4)27(20)28(37)34-19(14-33)10-18-7-6-16(11-21(18)32)17-8-9-24-22(12-17)35(5)29(38)40-24/h6-9,11-12,15,19-20,23,25-27H,10,13H2,1-5H3,(H,34,37)/t15-,19-,20+,23-,25-,26+,27-/m0/s1. The highest BCUT2D eigenvalue weighted by Crippen LogP contribution is 2.67. The molecule has 2 saturated carbocycles. The minimum absolute atomic E-state index is 0.0231. The number of ether oxygens (including phenoxy) is 1. The number of nitriles is 1. The average Bonchev–Trinajstić information content (AvgIpc) is 3.18. The number of hydrogen-bond donors (Lipinski definition) is 1. The van der Waals surface area contributed by atoms with E-state index in [2.05, 4.69) is 18.3 Å². The quantitative estimate of drug-likeness (QED) is 0.495. The number of nitrogens with zero attached hydrogens (tertiary/aromatic N) is 3. The number of amides is 2. The number of halogens is 1. The van der Waals surface area contributed by atoms with E-state index in [1.807, 2.05) is 0 Å². The number of aromatic nitrogens is 1. The number of rotatable bonds is 5. The molecule has 7 atom stereocenters. The van der Waals surface area contributed by atoms with Crippen molar-refractivity contribution in [2.75, 3.05) is 0 Å². The number of nitrogens with one attached hydrogen (secondary N) is 1. The molecule has 214 valence electrons. The van der Waals surface area contributed by atoms with Crippen molar-refractivity contribution in [2.45, 2.75) is 64.3 Å². The first-order valence-corrected chi connectivity index (χ1v) is 14.0. The molecule has 3 fully saturated rings. The third-order valence-electron chi connectivity index (χ3n) is 8.98. The van der Waals surface area contributed by atoms with Gasteiger partial charge in [-0.3, -0.25) is 14.3 Å². The Morgan fingerprint density at radius 3 is 2.59 bits per heavy atom. The van der Waals surface area contributed by atoms with Crippen molar-refractivity contribution in [1.29, 1.82) is 5.26 Å². The number of carbonyl (C=O) groups excluding carboxylic acids is 2. The van der Waals surface area contributed by atoms with Crippen LogP contribution in [-0.2, 0) is 23.0 Å². The fourth-order valence-electron chi connectivity index (χ4n) is 7.14. The second-order valence-corrected chi connectivity index (χ2v) is 12.6. The van der Waals surface area contributed by atoms with Gasteiger partial charge in [-0.05, 0) is 85.8 Å². The average molecular weight is 561 g/mol. The Kier molecular flexibility index (Phi) is 6.25. The molecule has 2 amide bonds. The first-order valence-electron chi connectivity index (χ1n) is 14.0. The number of hydrogen-bond acceptors (Lipinski definition) is 6. The lowest BCUT2D eigenvalue weighted by atomic mass is 9.94. The number of likely N-dealkylation sites (tertiary alicyclic amines) is 1. The van der Waals surface area contributed by atoms with Crippen LogP contribution in [0.1, 0.15) is 39.7 Å². The van der Waals surface area contributed by atoms with Gasteiger partial charge in [-0.2, -0.15) is 5.26 Å². The molecule has 1 aromatic heterocycles. The molecule has 10 heteroatoms. The first kappa shape index (κ1) is 27.1. The molecular weight excluding hydrogens is 527 g/mol. The number of carbonyl (C=O) groups is 2. The van der Waals surface area contributed by atoms with Crippen LogP contribution in [0.5, 0.6) is 0 Å². The predicted molar refractivity (Wildman–Crippen MR) is 148 cm³/mol. The van der Waals surface area contributed by atoms with Gasteiger partial charge in [-0.25, -0.2) is 14.0 Å². The molecule has 1 saturated heterocycles. The van der Waals surface area contributed by atoms with Crippen molar-refractivity contribution < 1.29 is 23.1 Å². The van der Waals surface area contributed by atoms with Gasteiger partial charge in [0.2, 0.25) is 5.91 Å². The zero-order chi connectivity index (χ0) is 29.4. The van der Waals surface area contributed by atoms with Crippen LogP contribution in [0.4, 0.5) is 9.18 Å². The summed E-state index contributed by atoms with van der Waals surface area (Å²) in [4.78, 5) is 40.1. The molecule has 0 spiro atoms. The van der Waals surface area contributed by atoms with Crippen molar-refractivity contribution >= 4 is 23.1 Å². The van der Waals surface area contributed by atoms with E-state index < -0.39 is 41.3 Å². The summed E-state index contributed by atoms with van der Waals surface area (Å²) in [5.41, 5.74) is 1.92. The number of piperidine rings is 1. The zero-order valence-electron chi connectivity index (χ0n) is 23.7. The highest BCUT2D eigenvalue weighted by molar-refractivity contribution is 5.88. The molecule has 6 rings (SSSR count). The molecule has 1 aliphatic heterocycles. The molecule has 0 radical (unpaired) electrons. The van der Waals surface area contributed by atoms with Crippen molar-refractivity contribution in [2.24, 2.45) is 30.7 Å². The Labute approximate surface area is 236 Å². The van der Waals surface area contributed by atoms with Gasteiger partial charge in [0.1, 0.15) is 23.5 Å². The van der Waals surface area contributed by atoms with Gasteiger partial charge in [0.05, 0.1) is 11.6 Å². The van der Waals surface area contributed by atoms with Crippen molar-refractivity contribution in [3.05, 3.63) is 58.3 Å². The van der Waals surface area contributed by atoms with Crippen LogP contribution >= 0.6 is 0 Å². The van der Waals surface area contributed by atoms with Gasteiger partial charge in [-0.15, -0.1) is 0 Å². The number of aryl methyl sites for hydroxylation is 1. The second kappa shape index (κ2) is 9.47. The first-order chi connectivity index (χ1) is 19.4. The monoisotopic (exact) mass is 560 g/mol. The summed E-state index contributed by atoms with van der Waals surface area (Å²) in [7, 11) is 1.60. The largest absolute Gasteiger partial charge is 0.444 e. The van der Waals surface area contributed by atoms with Crippen LogP contribution in [0.15, 0.2) is 45.6 Å². The number of fused-ring (bicyclic) bond motifs is 6. The molecule has 2 aromatic carbocycles. The third-order valence-corrected chi connectivity index (χ3v) is 8.98. The van der Waals surface area contributed by atoms with Gasteiger partial charge >= 0.3 is 11.8 Å². The maximum atomic E-state index is 15.3. The lowest BCUT2D eigenvalue weighted by molar-refractivity contribution is -0.128. The normalized spacial score (nSPS) is 26.9. The van der Waals surface area contributed by atoms with E-state index in [1.165, 1.54) is 10.6 Å². The Morgan fingerprint density at radius 2 is 1.90 bits per heavy atom. The molecule has 3 aliphatic rings. The molecule has 41 heavy (non-hydrogen) atoms. The lowest BCUT2D eigenvalue weighted by Gasteiger charge is -2.35. The maximum Gasteiger partial charge on any atom is 0.419 e. The van der Waals surface area contributed by atoms with E-state index in [0.717, 1.165) is 6.42 Å². The summed E-state index contributed by atoms with van der Waals surface area (Å²) >= 11 is 0. The molecule has 9 nitrogen and oxygen atoms in total. The molecule has 0 unspecified atom stereocenters. The number of benzene rings is 2. The van der Waals surface area contributed by atoms with Crippen LogP contribution in [0.25, 0.3) is 22.2 Å². The van der Waals surface area contributed by atoms with Gasteiger partial charge in [0.15, 0.2) is 5.58 Å². The summed E-state index contributed by atoms with van der Waals surface area (Å²) in [6, 6.07) is 10.2. The Bertz CT molecular complexity index is 1660. The highest BCUT2D eigenvalue weighted by atomic mass is 19.1. The maximum absolute atomic E-state index is 15.3. The van der Waals surface area contributed by atoms with Gasteiger partial charge in [0, 0.05) is 19.5 Å². The fourth-order valence-corrected chi connectivity index (χ4v) is 7.14. The molecule has 2 heterocycles. The van der Waals surface area contributed by atoms with Crippen LogP contribution in [0, 0.1) is 40.8 Å². The summed E-state index contributed by atoms with van der Waals surface area (Å²) < 4.78 is 27.4. The molecule has 3 aromatic rings. The SMILES string of the molecule is C[C@H]1[C@H]2[C@H]3C[C@@H]([C@@H]12)N(C(=O)OC(C)(C)C)[C@@H]3C(=O)N[C@H](C#N)Cc1ccc(-c2ccc3oc(=O)n(C)c3c2)cc1F. The van der Waals surface area contributed by atoms with Crippen LogP contribution in [0.3, 0.4) is 0 Å². The van der Waals surface area contributed by atoms with E-state index in [4.69, 9.17) is 9.15 Å². The smallest absolute Gasteiger partial charge is 0.419 e. The fraction of sp³-hybridized carbons (Fsp3) is 0.484. The second-order valence-electron chi connectivity index (χ2n) is 12.6. The summed E-state index contributed by atoms with van der Waals surface area (Å²) in [6.07, 6.45) is 0.217. The molecule has 2 aliphatic carbocycles. The van der Waals surface area contributed by atoms with Crippen molar-refractivity contribution in [1.82, 2.24) is 14.8 Å². The van der Waals surface area contributed by atoms with E-state index >= 15 is 4.39 Å². The van der Waals surface area contributed by atoms with E-state index in [0.29, 0.717) is 40.0 Å². The third kappa shape index (κ3) is 4.57. The topological polar surface area (TPSA) is 118 Å². The van der Waals surface area contributed by atoms with E-state index in [9.17, 15) is 19.6 Å². The van der Waals surface area contributed by atoms with E-state index in [-0.39, 0.29) is 23.9 Å². The van der Waals surface area contributed by atoms with Crippen molar-refractivity contribution in [3.8, 4) is 17.2 Å². The predicted octanol–water partition coefficient (Wildman–Crippen LogP) is 4.38. The van der Waals surface area contributed by atoms with Crippen molar-refractivity contribution in [3.63, 3.8) is 0 Å². The van der Waals surface area contributed by atoms with Crippen LogP contribution in [-0.4, -0.2) is 45.2 Å². The number of oxazole rings is 1. The minimum Gasteiger partial charge on any atom is -0.444 e. The summed E-state index contributed by atoms with van der Waals surface area (Å²) in [5.74, 6) is -0.144. The summed E-state index contributed by atoms with van der Waals surface area (Å²) in [6.45, 7) is 7.53. The van der Waals surface area contributed by atoms with Crippen LogP contribution < -0.4 is 11.1 Å². The van der Waals surface area contributed by atoms with E-state index in [1.54, 1.807) is 63.1 Å². The Hall–Kier alpha value is -4.13. The summed E-state index contributed by atoms with van der Waals surface area (Å²) in [5, 5.41) is 12.7. The Morgan fingerprint density at radius 1 is 1.20 bits per heavy atom. The zero-order valence-corrected chi connectivity index (χ0v) is 23.7.